The van der Waals surface area contributed by atoms with Crippen LogP contribution in [0.3, 0.4) is 0 Å². The third-order valence-electron chi connectivity index (χ3n) is 1.88. The Morgan fingerprint density at radius 2 is 1.83 bits per heavy atom. The minimum absolute atomic E-state index is 0. The minimum atomic E-state index is -4.47. The topological polar surface area (TPSA) is 56.8 Å². The summed E-state index contributed by atoms with van der Waals surface area (Å²) in [5.41, 5.74) is 1.15. The van der Waals surface area contributed by atoms with E-state index in [1.807, 2.05) is 0 Å². The maximum absolute atomic E-state index is 13.3. The second kappa shape index (κ2) is 6.20. The molecule has 0 radical (unpaired) electrons. The Bertz CT molecular complexity index is 448. The van der Waals surface area contributed by atoms with E-state index >= 15 is 0 Å². The quantitative estimate of drug-likeness (QED) is 0.662. The SMILES string of the molecule is Fc1cc(C2=C[N-]2)ccc1OCC(F)(F)F.[NH2-].[W+2]. The molecule has 1 aliphatic heterocycles. The summed E-state index contributed by atoms with van der Waals surface area (Å²) in [6, 6.07) is 3.70. The molecule has 98 valence electrons. The first kappa shape index (κ1) is 16.9. The average molecular weight is 432 g/mol. The Balaban J connectivity index is 0.00000144. The van der Waals surface area contributed by atoms with Crippen LogP contribution in [0.15, 0.2) is 24.4 Å². The molecule has 0 atom stereocenters. The van der Waals surface area contributed by atoms with Crippen molar-refractivity contribution in [2.75, 3.05) is 6.61 Å². The van der Waals surface area contributed by atoms with Crippen molar-refractivity contribution >= 4 is 5.70 Å². The second-order valence-corrected chi connectivity index (χ2v) is 3.19. The summed E-state index contributed by atoms with van der Waals surface area (Å²) in [4.78, 5) is 0. The van der Waals surface area contributed by atoms with Gasteiger partial charge in [-0.15, -0.1) is 0 Å². The van der Waals surface area contributed by atoms with E-state index in [1.54, 1.807) is 0 Å². The number of rotatable bonds is 3. The third-order valence-corrected chi connectivity index (χ3v) is 1.88. The van der Waals surface area contributed by atoms with Gasteiger partial charge in [0, 0.05) is 0 Å². The normalized spacial score (nSPS) is 12.6. The molecule has 1 aliphatic rings. The van der Waals surface area contributed by atoms with Crippen LogP contribution in [-0.2, 0) is 21.1 Å². The molecule has 0 amide bonds. The molecule has 1 heterocycles. The molecular weight excluding hydrogens is 424 g/mol. The van der Waals surface area contributed by atoms with Gasteiger partial charge in [0.1, 0.15) is 0 Å². The van der Waals surface area contributed by atoms with E-state index in [2.05, 4.69) is 10.1 Å². The van der Waals surface area contributed by atoms with E-state index in [0.717, 1.165) is 12.1 Å². The Morgan fingerprint density at radius 3 is 2.28 bits per heavy atom. The first-order valence-electron chi connectivity index (χ1n) is 4.36. The fraction of sp³-hybridized carbons (Fsp3) is 0.200. The number of ether oxygens (including phenoxy) is 1. The van der Waals surface area contributed by atoms with Gasteiger partial charge in [-0.1, -0.05) is 6.07 Å². The summed E-state index contributed by atoms with van der Waals surface area (Å²) in [6.07, 6.45) is -2.94. The zero-order chi connectivity index (χ0) is 11.8. The second-order valence-electron chi connectivity index (χ2n) is 3.19. The van der Waals surface area contributed by atoms with Gasteiger partial charge in [0.05, 0.1) is 0 Å². The van der Waals surface area contributed by atoms with Crippen molar-refractivity contribution in [3.63, 3.8) is 0 Å². The average Bonchev–Trinajstić information content (AvgIpc) is 2.97. The van der Waals surface area contributed by atoms with E-state index in [9.17, 15) is 17.6 Å². The Hall–Kier alpha value is -1.07. The van der Waals surface area contributed by atoms with Gasteiger partial charge < -0.3 is 16.2 Å². The van der Waals surface area contributed by atoms with Gasteiger partial charge in [0.15, 0.2) is 18.2 Å². The predicted octanol–water partition coefficient (Wildman–Crippen LogP) is 4.17. The summed E-state index contributed by atoms with van der Waals surface area (Å²) in [6.45, 7) is -1.50. The minimum Gasteiger partial charge on any atom is -0.693 e. The molecule has 3 nitrogen and oxygen atoms in total. The number of hydrogen-bond donors (Lipinski definition) is 0. The number of nitrogens with zero attached hydrogens (tertiary/aromatic N) is 1. The Morgan fingerprint density at radius 1 is 1.22 bits per heavy atom. The molecule has 0 unspecified atom stereocenters. The van der Waals surface area contributed by atoms with Crippen molar-refractivity contribution in [3.05, 3.63) is 47.2 Å². The summed E-state index contributed by atoms with van der Waals surface area (Å²) in [7, 11) is 0. The molecule has 0 fully saturated rings. The molecule has 2 rings (SSSR count). The van der Waals surface area contributed by atoms with Gasteiger partial charge in [0.2, 0.25) is 0 Å². The molecule has 18 heavy (non-hydrogen) atoms. The summed E-state index contributed by atoms with van der Waals surface area (Å²) in [5, 5.41) is 3.73. The van der Waals surface area contributed by atoms with Crippen LogP contribution in [0.25, 0.3) is 17.2 Å². The van der Waals surface area contributed by atoms with Crippen molar-refractivity contribution in [3.8, 4) is 5.75 Å². The maximum Gasteiger partial charge on any atom is 2.00 e. The van der Waals surface area contributed by atoms with E-state index in [-0.39, 0.29) is 27.2 Å². The zero-order valence-electron chi connectivity index (χ0n) is 8.87. The molecular formula is C10H8F4N2OW. The van der Waals surface area contributed by atoms with Crippen LogP contribution < -0.4 is 4.74 Å². The van der Waals surface area contributed by atoms with Gasteiger partial charge in [0.25, 0.3) is 0 Å². The summed E-state index contributed by atoms with van der Waals surface area (Å²) < 4.78 is 53.0. The Labute approximate surface area is 115 Å². The molecule has 0 spiro atoms. The molecule has 2 N–H and O–H groups in total. The van der Waals surface area contributed by atoms with E-state index < -0.39 is 24.3 Å². The number of hydrogen-bond acceptors (Lipinski definition) is 1. The van der Waals surface area contributed by atoms with Crippen LogP contribution in [-0.4, -0.2) is 12.8 Å². The standard InChI is InChI=1S/C10H6F4NO.H2N.W/c11-7-3-6(8-4-15-8)1-2-9(7)16-5-10(12,13)14;;/h1-4H,5H2;1H2;/q2*-1;+2. The summed E-state index contributed by atoms with van der Waals surface area (Å²) >= 11 is 0. The number of nitrogens with two attached hydrogens (primary N) is 1. The van der Waals surface area contributed by atoms with Gasteiger partial charge >= 0.3 is 27.2 Å². The van der Waals surface area contributed by atoms with Crippen LogP contribution in [0.4, 0.5) is 17.6 Å². The fourth-order valence-electron chi connectivity index (χ4n) is 1.12. The molecule has 0 saturated carbocycles. The van der Waals surface area contributed by atoms with Crippen LogP contribution in [0.1, 0.15) is 5.56 Å². The van der Waals surface area contributed by atoms with Gasteiger partial charge in [-0.05, 0) is 17.7 Å². The Kier molecular flexibility index (Phi) is 5.83. The monoisotopic (exact) mass is 432 g/mol. The molecule has 0 aromatic heterocycles. The number of halogens is 4. The van der Waals surface area contributed by atoms with E-state index in [0.29, 0.717) is 11.3 Å². The van der Waals surface area contributed by atoms with Gasteiger partial charge in [-0.2, -0.15) is 25.1 Å². The van der Waals surface area contributed by atoms with Crippen molar-refractivity contribution < 1.29 is 43.4 Å². The predicted molar refractivity (Wildman–Crippen MR) is 54.6 cm³/mol. The molecule has 0 bridgehead atoms. The van der Waals surface area contributed by atoms with E-state index in [4.69, 9.17) is 0 Å². The van der Waals surface area contributed by atoms with Crippen molar-refractivity contribution in [2.45, 2.75) is 6.18 Å². The number of alkyl halides is 3. The fourth-order valence-corrected chi connectivity index (χ4v) is 1.12. The molecule has 1 aromatic carbocycles. The molecule has 0 aliphatic carbocycles. The number of benzene rings is 1. The molecule has 0 saturated heterocycles. The first-order valence-corrected chi connectivity index (χ1v) is 4.36. The van der Waals surface area contributed by atoms with Crippen LogP contribution >= 0.6 is 0 Å². The smallest absolute Gasteiger partial charge is 0.693 e. The van der Waals surface area contributed by atoms with Crippen LogP contribution in [0.5, 0.6) is 5.75 Å². The van der Waals surface area contributed by atoms with Crippen molar-refractivity contribution in [2.24, 2.45) is 0 Å². The van der Waals surface area contributed by atoms with Gasteiger partial charge in [-0.3, -0.25) is 0 Å². The summed E-state index contributed by atoms with van der Waals surface area (Å²) in [5.74, 6) is -1.24. The third kappa shape index (κ3) is 4.66. The molecule has 1 aromatic rings. The first-order chi connectivity index (χ1) is 7.46. The maximum atomic E-state index is 13.3. The van der Waals surface area contributed by atoms with Crippen molar-refractivity contribution in [1.29, 1.82) is 0 Å². The van der Waals surface area contributed by atoms with Crippen molar-refractivity contribution in [1.82, 2.24) is 0 Å². The largest absolute Gasteiger partial charge is 2.00 e. The van der Waals surface area contributed by atoms with Crippen LogP contribution in [0, 0.1) is 5.82 Å². The molecule has 8 heteroatoms. The van der Waals surface area contributed by atoms with Gasteiger partial charge in [-0.25, -0.2) is 4.39 Å². The zero-order valence-corrected chi connectivity index (χ0v) is 11.8. The van der Waals surface area contributed by atoms with E-state index in [1.165, 1.54) is 12.3 Å². The van der Waals surface area contributed by atoms with Crippen LogP contribution in [0.2, 0.25) is 0 Å².